The molecular formula is C13H22N4O. The fourth-order valence-corrected chi connectivity index (χ4v) is 1.64. The number of likely N-dealkylation sites (N-methyl/N-ethyl adjacent to an activating group) is 2. The normalized spacial score (nSPS) is 10.4. The molecule has 0 aliphatic carbocycles. The molecule has 0 fully saturated rings. The highest BCUT2D eigenvalue weighted by Crippen LogP contribution is 2.13. The number of aromatic nitrogens is 1. The highest BCUT2D eigenvalue weighted by Gasteiger charge is 2.08. The molecule has 0 radical (unpaired) electrons. The van der Waals surface area contributed by atoms with Gasteiger partial charge in [0.25, 0.3) is 0 Å². The minimum absolute atomic E-state index is 0.0180. The number of anilines is 1. The van der Waals surface area contributed by atoms with Crippen LogP contribution in [0.25, 0.3) is 0 Å². The molecule has 1 aromatic rings. The molecule has 5 heteroatoms. The van der Waals surface area contributed by atoms with E-state index in [9.17, 15) is 4.79 Å². The van der Waals surface area contributed by atoms with Crippen molar-refractivity contribution in [3.63, 3.8) is 0 Å². The Morgan fingerprint density at radius 2 is 2.28 bits per heavy atom. The molecule has 1 aromatic heterocycles. The van der Waals surface area contributed by atoms with Crippen LogP contribution in [0.5, 0.6) is 0 Å². The monoisotopic (exact) mass is 250 g/mol. The number of hydrogen-bond donors (Lipinski definition) is 2. The van der Waals surface area contributed by atoms with E-state index in [0.29, 0.717) is 13.1 Å². The Balaban J connectivity index is 2.62. The summed E-state index contributed by atoms with van der Waals surface area (Å²) in [6.45, 7) is 4.11. The summed E-state index contributed by atoms with van der Waals surface area (Å²) in [5.74, 6) is 0.924. The third-order valence-electron chi connectivity index (χ3n) is 2.57. The largest absolute Gasteiger partial charge is 0.370 e. The molecule has 100 valence electrons. The summed E-state index contributed by atoms with van der Waals surface area (Å²) in [5, 5.41) is 5.92. The van der Waals surface area contributed by atoms with Gasteiger partial charge in [-0.2, -0.15) is 0 Å². The lowest BCUT2D eigenvalue weighted by molar-refractivity contribution is -0.121. The van der Waals surface area contributed by atoms with Gasteiger partial charge in [-0.25, -0.2) is 4.98 Å². The third kappa shape index (κ3) is 4.71. The van der Waals surface area contributed by atoms with E-state index < -0.39 is 0 Å². The van der Waals surface area contributed by atoms with Gasteiger partial charge in [0.2, 0.25) is 5.91 Å². The molecule has 0 aliphatic rings. The van der Waals surface area contributed by atoms with E-state index in [1.807, 2.05) is 24.1 Å². The number of nitrogens with zero attached hydrogens (tertiary/aromatic N) is 2. The van der Waals surface area contributed by atoms with Crippen LogP contribution in [0.4, 0.5) is 5.82 Å². The maximum absolute atomic E-state index is 11.3. The van der Waals surface area contributed by atoms with Gasteiger partial charge in [-0.15, -0.1) is 0 Å². The summed E-state index contributed by atoms with van der Waals surface area (Å²) in [6, 6.07) is 3.95. The van der Waals surface area contributed by atoms with Crippen LogP contribution < -0.4 is 10.6 Å². The number of pyridine rings is 1. The lowest BCUT2D eigenvalue weighted by Gasteiger charge is -2.17. The number of amides is 1. The summed E-state index contributed by atoms with van der Waals surface area (Å²) < 4.78 is 0. The van der Waals surface area contributed by atoms with Crippen molar-refractivity contribution in [2.24, 2.45) is 0 Å². The van der Waals surface area contributed by atoms with Gasteiger partial charge < -0.3 is 10.6 Å². The molecule has 0 unspecified atom stereocenters. The number of carbonyl (C=O) groups is 1. The SMILES string of the molecule is CCCNc1ncccc1CN(C)CC(=O)NC. The first-order valence-corrected chi connectivity index (χ1v) is 6.24. The first kappa shape index (κ1) is 14.4. The Labute approximate surface area is 109 Å². The average molecular weight is 250 g/mol. The van der Waals surface area contributed by atoms with Gasteiger partial charge in [-0.3, -0.25) is 9.69 Å². The molecular weight excluding hydrogens is 228 g/mol. The molecule has 2 N–H and O–H groups in total. The summed E-state index contributed by atoms with van der Waals surface area (Å²) in [6.07, 6.45) is 2.84. The summed E-state index contributed by atoms with van der Waals surface area (Å²) in [4.78, 5) is 17.6. The second-order valence-corrected chi connectivity index (χ2v) is 4.28. The maximum Gasteiger partial charge on any atom is 0.233 e. The predicted octanol–water partition coefficient (Wildman–Crippen LogP) is 1.08. The zero-order chi connectivity index (χ0) is 13.4. The first-order valence-electron chi connectivity index (χ1n) is 6.24. The van der Waals surface area contributed by atoms with Gasteiger partial charge in [0.15, 0.2) is 0 Å². The van der Waals surface area contributed by atoms with E-state index >= 15 is 0 Å². The number of carbonyl (C=O) groups excluding carboxylic acids is 1. The van der Waals surface area contributed by atoms with Gasteiger partial charge in [0, 0.05) is 31.9 Å². The van der Waals surface area contributed by atoms with Crippen molar-refractivity contribution < 1.29 is 4.79 Å². The van der Waals surface area contributed by atoms with Crippen molar-refractivity contribution in [1.29, 1.82) is 0 Å². The Morgan fingerprint density at radius 3 is 2.94 bits per heavy atom. The molecule has 0 atom stereocenters. The lowest BCUT2D eigenvalue weighted by Crippen LogP contribution is -2.32. The minimum Gasteiger partial charge on any atom is -0.370 e. The van der Waals surface area contributed by atoms with Crippen molar-refractivity contribution in [3.8, 4) is 0 Å². The predicted molar refractivity (Wildman–Crippen MR) is 73.4 cm³/mol. The zero-order valence-electron chi connectivity index (χ0n) is 11.4. The number of nitrogens with one attached hydrogen (secondary N) is 2. The number of hydrogen-bond acceptors (Lipinski definition) is 4. The van der Waals surface area contributed by atoms with E-state index in [2.05, 4.69) is 22.5 Å². The van der Waals surface area contributed by atoms with Crippen LogP contribution in [-0.4, -0.2) is 43.0 Å². The number of rotatable bonds is 7. The van der Waals surface area contributed by atoms with Crippen LogP contribution in [0.3, 0.4) is 0 Å². The quantitative estimate of drug-likeness (QED) is 0.760. The Hall–Kier alpha value is -1.62. The fraction of sp³-hybridized carbons (Fsp3) is 0.538. The van der Waals surface area contributed by atoms with Crippen LogP contribution in [0.1, 0.15) is 18.9 Å². The second kappa shape index (κ2) is 7.66. The van der Waals surface area contributed by atoms with Crippen LogP contribution in [0.2, 0.25) is 0 Å². The van der Waals surface area contributed by atoms with E-state index in [0.717, 1.165) is 24.3 Å². The van der Waals surface area contributed by atoms with Gasteiger partial charge in [-0.05, 0) is 19.5 Å². The highest BCUT2D eigenvalue weighted by molar-refractivity contribution is 5.77. The highest BCUT2D eigenvalue weighted by atomic mass is 16.1. The minimum atomic E-state index is 0.0180. The molecule has 5 nitrogen and oxygen atoms in total. The molecule has 18 heavy (non-hydrogen) atoms. The molecule has 1 heterocycles. The van der Waals surface area contributed by atoms with Crippen LogP contribution in [-0.2, 0) is 11.3 Å². The average Bonchev–Trinajstić information content (AvgIpc) is 2.37. The van der Waals surface area contributed by atoms with Crippen LogP contribution in [0.15, 0.2) is 18.3 Å². The van der Waals surface area contributed by atoms with Crippen molar-refractivity contribution in [2.75, 3.05) is 32.5 Å². The second-order valence-electron chi connectivity index (χ2n) is 4.28. The maximum atomic E-state index is 11.3. The smallest absolute Gasteiger partial charge is 0.233 e. The summed E-state index contributed by atoms with van der Waals surface area (Å²) in [7, 11) is 3.57. The third-order valence-corrected chi connectivity index (χ3v) is 2.57. The molecule has 0 saturated heterocycles. The molecule has 0 bridgehead atoms. The summed E-state index contributed by atoms with van der Waals surface area (Å²) >= 11 is 0. The molecule has 1 rings (SSSR count). The van der Waals surface area contributed by atoms with Gasteiger partial charge in [0.05, 0.1) is 6.54 Å². The van der Waals surface area contributed by atoms with Crippen molar-refractivity contribution >= 4 is 11.7 Å². The van der Waals surface area contributed by atoms with E-state index in [4.69, 9.17) is 0 Å². The zero-order valence-corrected chi connectivity index (χ0v) is 11.4. The fourth-order valence-electron chi connectivity index (χ4n) is 1.64. The van der Waals surface area contributed by atoms with E-state index in [-0.39, 0.29) is 5.91 Å². The molecule has 1 amide bonds. The molecule has 0 spiro atoms. The van der Waals surface area contributed by atoms with Gasteiger partial charge in [-0.1, -0.05) is 13.0 Å². The lowest BCUT2D eigenvalue weighted by atomic mass is 10.2. The summed E-state index contributed by atoms with van der Waals surface area (Å²) in [5.41, 5.74) is 1.11. The first-order chi connectivity index (χ1) is 8.67. The van der Waals surface area contributed by atoms with Crippen LogP contribution in [0, 0.1) is 0 Å². The van der Waals surface area contributed by atoms with Crippen molar-refractivity contribution in [3.05, 3.63) is 23.9 Å². The van der Waals surface area contributed by atoms with Crippen molar-refractivity contribution in [2.45, 2.75) is 19.9 Å². The van der Waals surface area contributed by atoms with E-state index in [1.165, 1.54) is 0 Å². The molecule has 0 aliphatic heterocycles. The topological polar surface area (TPSA) is 57.3 Å². The molecule has 0 aromatic carbocycles. The van der Waals surface area contributed by atoms with Crippen LogP contribution >= 0.6 is 0 Å². The Bertz CT molecular complexity index is 381. The van der Waals surface area contributed by atoms with E-state index in [1.54, 1.807) is 13.2 Å². The van der Waals surface area contributed by atoms with Crippen molar-refractivity contribution in [1.82, 2.24) is 15.2 Å². The standard InChI is InChI=1S/C13H22N4O/c1-4-7-15-13-11(6-5-8-16-13)9-17(3)10-12(18)14-2/h5-6,8H,4,7,9-10H2,1-3H3,(H,14,18)(H,15,16). The van der Waals surface area contributed by atoms with Gasteiger partial charge in [0.1, 0.15) is 5.82 Å². The Kier molecular flexibility index (Phi) is 6.14. The van der Waals surface area contributed by atoms with Gasteiger partial charge >= 0.3 is 0 Å². The molecule has 0 saturated carbocycles. The Morgan fingerprint density at radius 1 is 1.50 bits per heavy atom.